The van der Waals surface area contributed by atoms with Crippen LogP contribution in [0.15, 0.2) is 35.6 Å². The number of aromatic amines is 1. The van der Waals surface area contributed by atoms with Gasteiger partial charge in [0.05, 0.1) is 34.9 Å². The molecule has 0 saturated carbocycles. The number of rotatable bonds is 3. The lowest BCUT2D eigenvalue weighted by molar-refractivity contribution is 0.100. The van der Waals surface area contributed by atoms with E-state index in [1.54, 1.807) is 10.9 Å². The molecule has 2 heterocycles. The molecule has 3 aromatic rings. The van der Waals surface area contributed by atoms with Gasteiger partial charge in [0, 0.05) is 5.39 Å². The molecular weight excluding hydrogens is 282 g/mol. The maximum atomic E-state index is 12.0. The van der Waals surface area contributed by atoms with Gasteiger partial charge in [0.25, 0.3) is 5.91 Å². The first kappa shape index (κ1) is 13.8. The molecule has 1 aromatic carbocycles. The Hall–Kier alpha value is -3.16. The number of nitrogens with zero attached hydrogens (tertiary/aromatic N) is 4. The molecule has 1 amide bonds. The van der Waals surface area contributed by atoms with Crippen molar-refractivity contribution in [1.29, 1.82) is 0 Å². The number of nitrogens with two attached hydrogens (primary N) is 2. The molecular formula is C14H15N7O. The van der Waals surface area contributed by atoms with Gasteiger partial charge in [-0.15, -0.1) is 0 Å². The second-order valence-corrected chi connectivity index (χ2v) is 4.75. The summed E-state index contributed by atoms with van der Waals surface area (Å²) in [5.41, 5.74) is 13.4. The monoisotopic (exact) mass is 297 g/mol. The number of amides is 1. The van der Waals surface area contributed by atoms with Crippen LogP contribution >= 0.6 is 0 Å². The molecule has 22 heavy (non-hydrogen) atoms. The van der Waals surface area contributed by atoms with Gasteiger partial charge in [-0.05, 0) is 24.6 Å². The maximum absolute atomic E-state index is 12.0. The Morgan fingerprint density at radius 2 is 2.18 bits per heavy atom. The van der Waals surface area contributed by atoms with Gasteiger partial charge in [0.1, 0.15) is 0 Å². The van der Waals surface area contributed by atoms with Crippen molar-refractivity contribution in [2.75, 3.05) is 0 Å². The van der Waals surface area contributed by atoms with Crippen molar-refractivity contribution >= 4 is 22.8 Å². The van der Waals surface area contributed by atoms with Crippen molar-refractivity contribution in [3.63, 3.8) is 0 Å². The second kappa shape index (κ2) is 5.32. The third-order valence-electron chi connectivity index (χ3n) is 3.33. The smallest absolute Gasteiger partial charge is 0.283 e. The number of carbonyl (C=O) groups is 1. The number of fused-ring (bicyclic) bond motifs is 1. The van der Waals surface area contributed by atoms with Crippen molar-refractivity contribution in [3.05, 3.63) is 41.9 Å². The van der Waals surface area contributed by atoms with Gasteiger partial charge in [-0.1, -0.05) is 6.92 Å². The minimum atomic E-state index is -0.495. The van der Waals surface area contributed by atoms with E-state index in [2.05, 4.69) is 20.3 Å². The maximum Gasteiger partial charge on any atom is 0.283 e. The van der Waals surface area contributed by atoms with Crippen LogP contribution in [-0.2, 0) is 6.42 Å². The standard InChI is InChI=1S/C14H15N7O/c1-2-12-10(13(22)19-14(15)16)7-18-21(12)9-4-3-8-6-17-20-11(8)5-9/h3-7H,2H2,1H3,(H,17,20)(H4,15,16,19,22). The largest absolute Gasteiger partial charge is 0.370 e. The third-order valence-corrected chi connectivity index (χ3v) is 3.33. The lowest BCUT2D eigenvalue weighted by Gasteiger charge is -2.07. The van der Waals surface area contributed by atoms with Crippen LogP contribution in [0.2, 0.25) is 0 Å². The van der Waals surface area contributed by atoms with Crippen molar-refractivity contribution < 1.29 is 4.79 Å². The van der Waals surface area contributed by atoms with Crippen LogP contribution in [0.25, 0.3) is 16.6 Å². The first-order valence-electron chi connectivity index (χ1n) is 6.74. The van der Waals surface area contributed by atoms with Crippen LogP contribution in [0.1, 0.15) is 23.0 Å². The van der Waals surface area contributed by atoms with Crippen LogP contribution in [0, 0.1) is 0 Å². The molecule has 0 aliphatic carbocycles. The van der Waals surface area contributed by atoms with Crippen molar-refractivity contribution in [3.8, 4) is 5.69 Å². The van der Waals surface area contributed by atoms with Gasteiger partial charge in [0.2, 0.25) is 0 Å². The van der Waals surface area contributed by atoms with Crippen molar-refractivity contribution in [2.24, 2.45) is 16.5 Å². The number of aliphatic imine (C=N–C) groups is 1. The first-order valence-corrected chi connectivity index (χ1v) is 6.74. The van der Waals surface area contributed by atoms with Crippen molar-refractivity contribution in [2.45, 2.75) is 13.3 Å². The summed E-state index contributed by atoms with van der Waals surface area (Å²) in [6, 6.07) is 5.77. The summed E-state index contributed by atoms with van der Waals surface area (Å²) < 4.78 is 1.70. The zero-order valence-corrected chi connectivity index (χ0v) is 11.9. The molecule has 5 N–H and O–H groups in total. The summed E-state index contributed by atoms with van der Waals surface area (Å²) in [5.74, 6) is -0.760. The Kier molecular flexibility index (Phi) is 3.34. The molecule has 2 aromatic heterocycles. The average Bonchev–Trinajstić information content (AvgIpc) is 3.11. The summed E-state index contributed by atoms with van der Waals surface area (Å²) in [6.07, 6.45) is 3.84. The summed E-state index contributed by atoms with van der Waals surface area (Å²) in [7, 11) is 0. The molecule has 3 rings (SSSR count). The van der Waals surface area contributed by atoms with Gasteiger partial charge >= 0.3 is 0 Å². The van der Waals surface area contributed by atoms with Crippen LogP contribution in [0.3, 0.4) is 0 Å². The number of nitrogens with one attached hydrogen (secondary N) is 1. The molecule has 0 saturated heterocycles. The SMILES string of the molecule is CCc1c(C(=O)N=C(N)N)cnn1-c1ccc2cn[nH]c2c1. The predicted molar refractivity (Wildman–Crippen MR) is 82.7 cm³/mol. The molecule has 0 atom stereocenters. The van der Waals surface area contributed by atoms with E-state index >= 15 is 0 Å². The molecule has 112 valence electrons. The Morgan fingerprint density at radius 3 is 2.91 bits per heavy atom. The van der Waals surface area contributed by atoms with Gasteiger partial charge in [0.15, 0.2) is 5.96 Å². The van der Waals surface area contributed by atoms with Crippen LogP contribution in [-0.4, -0.2) is 31.8 Å². The fourth-order valence-corrected chi connectivity index (χ4v) is 2.35. The van der Waals surface area contributed by atoms with E-state index in [4.69, 9.17) is 11.5 Å². The molecule has 0 unspecified atom stereocenters. The van der Waals surface area contributed by atoms with Gasteiger partial charge < -0.3 is 11.5 Å². The van der Waals surface area contributed by atoms with Crippen molar-refractivity contribution in [1.82, 2.24) is 20.0 Å². The van der Waals surface area contributed by atoms with E-state index in [0.29, 0.717) is 12.0 Å². The minimum absolute atomic E-state index is 0.265. The minimum Gasteiger partial charge on any atom is -0.370 e. The molecule has 0 radical (unpaired) electrons. The molecule has 0 bridgehead atoms. The Bertz CT molecular complexity index is 870. The average molecular weight is 297 g/mol. The number of aromatic nitrogens is 4. The van der Waals surface area contributed by atoms with E-state index in [9.17, 15) is 4.79 Å². The van der Waals surface area contributed by atoms with Gasteiger partial charge in [-0.25, -0.2) is 4.68 Å². The normalized spacial score (nSPS) is 10.8. The number of guanidine groups is 1. The summed E-state index contributed by atoms with van der Waals surface area (Å²) in [5, 5.41) is 12.2. The van der Waals surface area contributed by atoms with Crippen LogP contribution in [0.5, 0.6) is 0 Å². The Labute approximate surface area is 125 Å². The highest BCUT2D eigenvalue weighted by atomic mass is 16.1. The van der Waals surface area contributed by atoms with E-state index in [1.807, 2.05) is 25.1 Å². The predicted octanol–water partition coefficient (Wildman–Crippen LogP) is 0.725. The molecule has 0 aliphatic rings. The lowest BCUT2D eigenvalue weighted by atomic mass is 10.2. The van der Waals surface area contributed by atoms with E-state index < -0.39 is 5.91 Å². The van der Waals surface area contributed by atoms with E-state index in [1.165, 1.54) is 6.20 Å². The highest BCUT2D eigenvalue weighted by molar-refractivity contribution is 6.02. The van der Waals surface area contributed by atoms with E-state index in [-0.39, 0.29) is 5.96 Å². The molecule has 0 spiro atoms. The Morgan fingerprint density at radius 1 is 1.36 bits per heavy atom. The third kappa shape index (κ3) is 2.30. The summed E-state index contributed by atoms with van der Waals surface area (Å²) in [6.45, 7) is 1.94. The number of carbonyl (C=O) groups excluding carboxylic acids is 1. The number of hydrogen-bond acceptors (Lipinski definition) is 3. The first-order chi connectivity index (χ1) is 10.6. The molecule has 8 nitrogen and oxygen atoms in total. The van der Waals surface area contributed by atoms with Crippen LogP contribution in [0.4, 0.5) is 0 Å². The number of benzene rings is 1. The fourth-order valence-electron chi connectivity index (χ4n) is 2.35. The topological polar surface area (TPSA) is 128 Å². The lowest BCUT2D eigenvalue weighted by Crippen LogP contribution is -2.24. The summed E-state index contributed by atoms with van der Waals surface area (Å²) >= 11 is 0. The Balaban J connectivity index is 2.09. The highest BCUT2D eigenvalue weighted by Gasteiger charge is 2.17. The molecule has 0 fully saturated rings. The zero-order chi connectivity index (χ0) is 15.7. The second-order valence-electron chi connectivity index (χ2n) is 4.75. The quantitative estimate of drug-likeness (QED) is 0.485. The molecule has 8 heteroatoms. The zero-order valence-electron chi connectivity index (χ0n) is 11.9. The van der Waals surface area contributed by atoms with Gasteiger partial charge in [-0.2, -0.15) is 15.2 Å². The fraction of sp³-hybridized carbons (Fsp3) is 0.143. The van der Waals surface area contributed by atoms with Gasteiger partial charge in [-0.3, -0.25) is 9.89 Å². The van der Waals surface area contributed by atoms with Crippen LogP contribution < -0.4 is 11.5 Å². The van der Waals surface area contributed by atoms with E-state index in [0.717, 1.165) is 22.3 Å². The number of H-pyrrole nitrogens is 1. The summed E-state index contributed by atoms with van der Waals surface area (Å²) in [4.78, 5) is 15.6. The number of hydrogen-bond donors (Lipinski definition) is 3. The highest BCUT2D eigenvalue weighted by Crippen LogP contribution is 2.20. The molecule has 0 aliphatic heterocycles.